The number of benzene rings is 2. The van der Waals surface area contributed by atoms with Gasteiger partial charge in [0, 0.05) is 31.7 Å². The summed E-state index contributed by atoms with van der Waals surface area (Å²) in [6, 6.07) is 9.69. The first-order valence-electron chi connectivity index (χ1n) is 11.6. The van der Waals surface area contributed by atoms with Crippen molar-refractivity contribution in [3.05, 3.63) is 64.6 Å². The Morgan fingerprint density at radius 1 is 1.22 bits per heavy atom. The third-order valence-corrected chi connectivity index (χ3v) is 6.86. The molecule has 1 aliphatic heterocycles. The smallest absolute Gasteiger partial charge is 0.274 e. The third-order valence-electron chi connectivity index (χ3n) is 6.86. The summed E-state index contributed by atoms with van der Waals surface area (Å²) in [7, 11) is 3.40. The fraction of sp³-hybridized carbons (Fsp3) is 0.308. The molecular formula is C26H25F2N7O. The number of carbonyl (C=O) groups excluding carboxylic acids is 1. The van der Waals surface area contributed by atoms with E-state index in [0.717, 1.165) is 12.0 Å². The number of aromatic nitrogens is 4. The van der Waals surface area contributed by atoms with Gasteiger partial charge in [0.2, 0.25) is 5.95 Å². The van der Waals surface area contributed by atoms with Gasteiger partial charge in [-0.2, -0.15) is 14.8 Å². The van der Waals surface area contributed by atoms with Gasteiger partial charge in [0.15, 0.2) is 0 Å². The topological polar surface area (TPSA) is 91.8 Å². The number of nitrogens with zero attached hydrogens (tertiary/aromatic N) is 6. The lowest BCUT2D eigenvalue weighted by molar-refractivity contribution is 0.0783. The zero-order chi connectivity index (χ0) is 25.7. The molecule has 1 saturated heterocycles. The summed E-state index contributed by atoms with van der Waals surface area (Å²) >= 11 is 0. The van der Waals surface area contributed by atoms with Crippen LogP contribution in [0.25, 0.3) is 28.0 Å². The highest BCUT2D eigenvalue weighted by Crippen LogP contribution is 2.32. The maximum absolute atomic E-state index is 14.8. The molecule has 1 aliphatic rings. The molecule has 184 valence electrons. The van der Waals surface area contributed by atoms with E-state index in [1.165, 1.54) is 23.9 Å². The molecule has 0 saturated carbocycles. The van der Waals surface area contributed by atoms with Gasteiger partial charge in [0.1, 0.15) is 23.4 Å². The van der Waals surface area contributed by atoms with Crippen LogP contribution in [-0.4, -0.2) is 56.3 Å². The number of hydrogen-bond acceptors (Lipinski definition) is 5. The summed E-state index contributed by atoms with van der Waals surface area (Å²) < 4.78 is 32.3. The van der Waals surface area contributed by atoms with Crippen LogP contribution in [0.15, 0.2) is 30.3 Å². The van der Waals surface area contributed by atoms with E-state index in [1.807, 2.05) is 20.0 Å². The van der Waals surface area contributed by atoms with Crippen molar-refractivity contribution < 1.29 is 13.6 Å². The van der Waals surface area contributed by atoms with Crippen LogP contribution in [-0.2, 0) is 7.05 Å². The first-order chi connectivity index (χ1) is 17.2. The Morgan fingerprint density at radius 2 is 2.00 bits per heavy atom. The van der Waals surface area contributed by atoms with E-state index < -0.39 is 11.8 Å². The zero-order valence-corrected chi connectivity index (χ0v) is 20.4. The van der Waals surface area contributed by atoms with Crippen LogP contribution in [0.4, 0.5) is 8.78 Å². The number of rotatable bonds is 4. The zero-order valence-electron chi connectivity index (χ0n) is 20.4. The molecule has 1 fully saturated rings. The van der Waals surface area contributed by atoms with Crippen molar-refractivity contribution in [2.75, 3.05) is 20.1 Å². The molecule has 0 aliphatic carbocycles. The second-order valence-corrected chi connectivity index (χ2v) is 9.11. The highest BCUT2D eigenvalue weighted by atomic mass is 19.1. The van der Waals surface area contributed by atoms with Crippen molar-refractivity contribution in [1.82, 2.24) is 29.5 Å². The van der Waals surface area contributed by atoms with Crippen LogP contribution in [0.5, 0.6) is 0 Å². The first-order valence-corrected chi connectivity index (χ1v) is 11.6. The molecule has 8 nitrogen and oxygen atoms in total. The predicted octanol–water partition coefficient (Wildman–Crippen LogP) is 3.63. The average molecular weight is 490 g/mol. The van der Waals surface area contributed by atoms with Crippen molar-refractivity contribution in [3.8, 4) is 23.1 Å². The minimum atomic E-state index is -0.683. The van der Waals surface area contributed by atoms with Gasteiger partial charge in [-0.15, -0.1) is 0 Å². The number of carbonyl (C=O) groups is 1. The summed E-state index contributed by atoms with van der Waals surface area (Å²) in [4.78, 5) is 19.9. The van der Waals surface area contributed by atoms with E-state index in [4.69, 9.17) is 5.26 Å². The summed E-state index contributed by atoms with van der Waals surface area (Å²) in [6.45, 7) is 4.81. The molecule has 10 heteroatoms. The Hall–Kier alpha value is -4.10. The third kappa shape index (κ3) is 3.72. The van der Waals surface area contributed by atoms with Gasteiger partial charge in [0.25, 0.3) is 5.91 Å². The maximum Gasteiger partial charge on any atom is 0.274 e. The van der Waals surface area contributed by atoms with Gasteiger partial charge in [-0.05, 0) is 63.2 Å². The molecule has 2 aromatic carbocycles. The monoisotopic (exact) mass is 489 g/mol. The molecule has 3 heterocycles. The number of halogens is 2. The van der Waals surface area contributed by atoms with Gasteiger partial charge in [-0.3, -0.25) is 9.36 Å². The molecule has 36 heavy (non-hydrogen) atoms. The van der Waals surface area contributed by atoms with E-state index in [1.54, 1.807) is 34.6 Å². The molecule has 0 spiro atoms. The summed E-state index contributed by atoms with van der Waals surface area (Å²) in [5.41, 5.74) is 3.01. The van der Waals surface area contributed by atoms with Crippen LogP contribution in [0.2, 0.25) is 0 Å². The molecule has 1 amide bonds. The number of likely N-dealkylation sites (tertiary alicyclic amines) is 1. The lowest BCUT2D eigenvalue weighted by atomic mass is 10.1. The number of aryl methyl sites for hydroxylation is 2. The van der Waals surface area contributed by atoms with Crippen molar-refractivity contribution in [2.45, 2.75) is 26.3 Å². The largest absolute Gasteiger partial charge is 0.336 e. The van der Waals surface area contributed by atoms with Crippen molar-refractivity contribution >= 4 is 16.8 Å². The summed E-state index contributed by atoms with van der Waals surface area (Å²) in [5, 5.41) is 16.9. The maximum atomic E-state index is 14.8. The van der Waals surface area contributed by atoms with Crippen molar-refractivity contribution in [1.29, 1.82) is 5.26 Å². The summed E-state index contributed by atoms with van der Waals surface area (Å²) in [6.07, 6.45) is 0.839. The van der Waals surface area contributed by atoms with E-state index >= 15 is 0 Å². The van der Waals surface area contributed by atoms with Gasteiger partial charge in [0.05, 0.1) is 27.8 Å². The average Bonchev–Trinajstić information content (AvgIpc) is 3.55. The first kappa shape index (κ1) is 23.6. The number of imidazole rings is 1. The molecule has 1 N–H and O–H groups in total. The molecule has 2 aromatic heterocycles. The molecule has 4 aromatic rings. The van der Waals surface area contributed by atoms with E-state index in [0.29, 0.717) is 46.8 Å². The Kier molecular flexibility index (Phi) is 5.80. The number of nitriles is 1. The lowest BCUT2D eigenvalue weighted by Crippen LogP contribution is -2.34. The van der Waals surface area contributed by atoms with Gasteiger partial charge < -0.3 is 10.2 Å². The second-order valence-electron chi connectivity index (χ2n) is 9.11. The van der Waals surface area contributed by atoms with Gasteiger partial charge in [-0.1, -0.05) is 0 Å². The van der Waals surface area contributed by atoms with Crippen molar-refractivity contribution in [2.24, 2.45) is 7.05 Å². The molecule has 1 atom stereocenters. The molecule has 0 bridgehead atoms. The number of hydrogen-bond donors (Lipinski definition) is 1. The Morgan fingerprint density at radius 3 is 2.67 bits per heavy atom. The van der Waals surface area contributed by atoms with Crippen LogP contribution >= 0.6 is 0 Å². The van der Waals surface area contributed by atoms with Gasteiger partial charge >= 0.3 is 0 Å². The normalized spacial score (nSPS) is 15.6. The second kappa shape index (κ2) is 8.84. The Bertz CT molecular complexity index is 1560. The molecule has 0 unspecified atom stereocenters. The number of fused-ring (bicyclic) bond motifs is 1. The lowest BCUT2D eigenvalue weighted by Gasteiger charge is -2.16. The van der Waals surface area contributed by atoms with Crippen LogP contribution < -0.4 is 5.32 Å². The van der Waals surface area contributed by atoms with E-state index in [2.05, 4.69) is 15.4 Å². The standard InChI is InChI=1S/C26H25F2N7O/c1-14-9-21-19(24(28)33(4)32-21)11-22(14)35-15(2)23(26(36)34-8-7-18(13-34)30-3)31-25(35)16-5-6-17(12-29)20(27)10-16/h5-6,9-11,18,30H,7-8,13H2,1-4H3/t18-/m0/s1. The molecule has 0 radical (unpaired) electrons. The molecular weight excluding hydrogens is 464 g/mol. The Balaban J connectivity index is 1.73. The number of amides is 1. The van der Waals surface area contributed by atoms with Crippen LogP contribution in [0.3, 0.4) is 0 Å². The Labute approximate surface area is 206 Å². The van der Waals surface area contributed by atoms with E-state index in [9.17, 15) is 13.6 Å². The highest BCUT2D eigenvalue weighted by Gasteiger charge is 2.31. The minimum absolute atomic E-state index is 0.0879. The van der Waals surface area contributed by atoms with Gasteiger partial charge in [-0.25, -0.2) is 14.1 Å². The van der Waals surface area contributed by atoms with Crippen LogP contribution in [0, 0.1) is 36.9 Å². The van der Waals surface area contributed by atoms with Crippen molar-refractivity contribution in [3.63, 3.8) is 0 Å². The fourth-order valence-corrected chi connectivity index (χ4v) is 4.82. The summed E-state index contributed by atoms with van der Waals surface area (Å²) in [5.74, 6) is -1.06. The SMILES string of the molecule is CN[C@H]1CCN(C(=O)c2nc(-c3ccc(C#N)c(F)c3)n(-c3cc4c(F)n(C)nc4cc3C)c2C)C1. The fourth-order valence-electron chi connectivity index (χ4n) is 4.82. The van der Waals surface area contributed by atoms with Crippen LogP contribution in [0.1, 0.15) is 33.7 Å². The molecule has 5 rings (SSSR count). The number of nitrogens with one attached hydrogen (secondary N) is 1. The highest BCUT2D eigenvalue weighted by molar-refractivity contribution is 5.95. The minimum Gasteiger partial charge on any atom is -0.336 e. The predicted molar refractivity (Wildman–Crippen MR) is 131 cm³/mol. The van der Waals surface area contributed by atoms with E-state index in [-0.39, 0.29) is 23.2 Å². The number of likely N-dealkylation sites (N-methyl/N-ethyl adjacent to an activating group) is 1. The quantitative estimate of drug-likeness (QED) is 0.473.